The van der Waals surface area contributed by atoms with Gasteiger partial charge in [0.05, 0.1) is 17.3 Å². The summed E-state index contributed by atoms with van der Waals surface area (Å²) in [6.07, 6.45) is 0.713. The van der Waals surface area contributed by atoms with Gasteiger partial charge >= 0.3 is 0 Å². The molecule has 3 aromatic rings. The predicted molar refractivity (Wildman–Crippen MR) is 115 cm³/mol. The Hall–Kier alpha value is -2.50. The summed E-state index contributed by atoms with van der Waals surface area (Å²) < 4.78 is 0. The van der Waals surface area contributed by atoms with Gasteiger partial charge in [0.25, 0.3) is 0 Å². The first kappa shape index (κ1) is 17.9. The number of hydrazone groups is 1. The molecule has 1 aliphatic rings. The maximum absolute atomic E-state index is 6.59. The Morgan fingerprint density at radius 1 is 1.19 bits per heavy atom. The molecule has 4 nitrogen and oxygen atoms in total. The number of fused-ring (bicyclic) bond motifs is 1. The molecule has 6 heteroatoms. The van der Waals surface area contributed by atoms with Crippen LogP contribution in [-0.2, 0) is 0 Å². The fourth-order valence-electron chi connectivity index (χ4n) is 3.36. The van der Waals surface area contributed by atoms with Crippen molar-refractivity contribution < 1.29 is 0 Å². The molecule has 2 aromatic carbocycles. The number of aromatic nitrogens is 1. The van der Waals surface area contributed by atoms with E-state index in [0.29, 0.717) is 16.7 Å². The van der Waals surface area contributed by atoms with Gasteiger partial charge in [0.2, 0.25) is 0 Å². The Morgan fingerprint density at radius 2 is 1.96 bits per heavy atom. The summed E-state index contributed by atoms with van der Waals surface area (Å²) in [5.74, 6) is 0. The number of benzene rings is 2. The molecule has 0 bridgehead atoms. The molecule has 4 rings (SSSR count). The van der Waals surface area contributed by atoms with E-state index in [1.165, 1.54) is 0 Å². The van der Waals surface area contributed by atoms with Gasteiger partial charge in [-0.05, 0) is 42.4 Å². The van der Waals surface area contributed by atoms with Crippen molar-refractivity contribution in [3.8, 4) is 0 Å². The van der Waals surface area contributed by atoms with Crippen LogP contribution in [0.15, 0.2) is 59.7 Å². The van der Waals surface area contributed by atoms with Crippen molar-refractivity contribution in [3.63, 3.8) is 0 Å². The molecule has 1 atom stereocenters. The second-order valence-corrected chi connectivity index (χ2v) is 7.34. The summed E-state index contributed by atoms with van der Waals surface area (Å²) in [5, 5.41) is 11.8. The van der Waals surface area contributed by atoms with Crippen LogP contribution in [0.5, 0.6) is 0 Å². The molecule has 0 saturated carbocycles. The first-order valence-electron chi connectivity index (χ1n) is 8.77. The summed E-state index contributed by atoms with van der Waals surface area (Å²) in [4.78, 5) is 4.62. The molecule has 0 aliphatic carbocycles. The van der Waals surface area contributed by atoms with E-state index in [-0.39, 0.29) is 6.04 Å². The first-order chi connectivity index (χ1) is 13.1. The molecular weight excluding hydrogens is 376 g/mol. The lowest BCUT2D eigenvalue weighted by molar-refractivity contribution is 0.366. The number of thiocarbonyl (C=S) groups is 1. The van der Waals surface area contributed by atoms with Crippen LogP contribution in [0.1, 0.15) is 29.2 Å². The van der Waals surface area contributed by atoms with Gasteiger partial charge < -0.3 is 5.32 Å². The van der Waals surface area contributed by atoms with Gasteiger partial charge in [-0.2, -0.15) is 5.10 Å². The summed E-state index contributed by atoms with van der Waals surface area (Å²) in [6.45, 7) is 2.05. The lowest BCUT2D eigenvalue weighted by Crippen LogP contribution is -2.34. The molecular formula is C21H19ClN4S. The maximum atomic E-state index is 6.59. The second-order valence-electron chi connectivity index (χ2n) is 6.60. The summed E-state index contributed by atoms with van der Waals surface area (Å²) in [7, 11) is 1.80. The topological polar surface area (TPSA) is 40.5 Å². The van der Waals surface area contributed by atoms with Crippen molar-refractivity contribution in [2.75, 3.05) is 7.05 Å². The number of nitrogens with zero attached hydrogens (tertiary/aromatic N) is 3. The molecule has 1 aromatic heterocycles. The minimum Gasteiger partial charge on any atom is -0.364 e. The Kier molecular flexibility index (Phi) is 4.81. The van der Waals surface area contributed by atoms with Gasteiger partial charge in [0, 0.05) is 24.4 Å². The number of aryl methyl sites for hydroxylation is 1. The zero-order chi connectivity index (χ0) is 19.0. The van der Waals surface area contributed by atoms with Gasteiger partial charge in [0.15, 0.2) is 5.11 Å². The molecule has 1 N–H and O–H groups in total. The number of rotatable bonds is 2. The molecule has 0 radical (unpaired) electrons. The summed E-state index contributed by atoms with van der Waals surface area (Å²) in [6, 6.07) is 18.4. The Labute approximate surface area is 168 Å². The van der Waals surface area contributed by atoms with Crippen molar-refractivity contribution in [3.05, 3.63) is 76.4 Å². The molecule has 0 saturated heterocycles. The highest BCUT2D eigenvalue weighted by atomic mass is 35.5. The normalized spacial score (nSPS) is 16.5. The fraction of sp³-hybridized carbons (Fsp3) is 0.190. The molecule has 27 heavy (non-hydrogen) atoms. The minimum atomic E-state index is -0.0918. The Bertz CT molecular complexity index is 1050. The highest BCUT2D eigenvalue weighted by molar-refractivity contribution is 7.80. The summed E-state index contributed by atoms with van der Waals surface area (Å²) >= 11 is 12.1. The number of hydrogen-bond acceptors (Lipinski definition) is 3. The van der Waals surface area contributed by atoms with Crippen molar-refractivity contribution in [2.24, 2.45) is 5.10 Å². The SMILES string of the molecule is CNC(=S)N1N=C(c2ccccc2)C[C@H]1c1cc2ccc(C)cc2nc1Cl. The van der Waals surface area contributed by atoms with Gasteiger partial charge in [-0.3, -0.25) is 0 Å². The summed E-state index contributed by atoms with van der Waals surface area (Å²) in [5.41, 5.74) is 5.06. The van der Waals surface area contributed by atoms with Crippen LogP contribution < -0.4 is 5.32 Å². The van der Waals surface area contributed by atoms with E-state index in [9.17, 15) is 0 Å². The minimum absolute atomic E-state index is 0.0918. The lowest BCUT2D eigenvalue weighted by atomic mass is 9.98. The zero-order valence-electron chi connectivity index (χ0n) is 15.1. The molecule has 1 aliphatic heterocycles. The first-order valence-corrected chi connectivity index (χ1v) is 9.56. The van der Waals surface area contributed by atoms with E-state index >= 15 is 0 Å². The quantitative estimate of drug-likeness (QED) is 0.498. The van der Waals surface area contributed by atoms with Gasteiger partial charge in [-0.1, -0.05) is 54.1 Å². The van der Waals surface area contributed by atoms with E-state index in [1.807, 2.05) is 36.2 Å². The standard InChI is InChI=1S/C21H19ClN4S/c1-13-8-9-15-11-16(20(22)24-17(15)10-13)19-12-18(14-6-4-3-5-7-14)25-26(19)21(27)23-2/h3-11,19H,12H2,1-2H3,(H,23,27)/t19-/m0/s1. The van der Waals surface area contributed by atoms with Gasteiger partial charge in [-0.15, -0.1) is 0 Å². The van der Waals surface area contributed by atoms with Crippen molar-refractivity contribution >= 4 is 45.5 Å². The van der Waals surface area contributed by atoms with Gasteiger partial charge in [0.1, 0.15) is 5.15 Å². The lowest BCUT2D eigenvalue weighted by Gasteiger charge is -2.24. The maximum Gasteiger partial charge on any atom is 0.189 e. The molecule has 0 amide bonds. The van der Waals surface area contributed by atoms with E-state index < -0.39 is 0 Å². The number of halogens is 1. The van der Waals surface area contributed by atoms with E-state index in [4.69, 9.17) is 28.9 Å². The highest BCUT2D eigenvalue weighted by Gasteiger charge is 2.33. The van der Waals surface area contributed by atoms with Crippen molar-refractivity contribution in [2.45, 2.75) is 19.4 Å². The van der Waals surface area contributed by atoms with Crippen LogP contribution in [0.2, 0.25) is 5.15 Å². The number of hydrogen-bond donors (Lipinski definition) is 1. The third-order valence-corrected chi connectivity index (χ3v) is 5.45. The van der Waals surface area contributed by atoms with Crippen LogP contribution in [0, 0.1) is 6.92 Å². The van der Waals surface area contributed by atoms with E-state index in [2.05, 4.69) is 40.6 Å². The van der Waals surface area contributed by atoms with Crippen LogP contribution in [0.25, 0.3) is 10.9 Å². The van der Waals surface area contributed by atoms with E-state index in [1.54, 1.807) is 7.05 Å². The fourth-order valence-corrected chi connectivity index (χ4v) is 3.80. The van der Waals surface area contributed by atoms with Crippen LogP contribution in [0.4, 0.5) is 0 Å². The third kappa shape index (κ3) is 3.40. The van der Waals surface area contributed by atoms with Crippen LogP contribution in [0.3, 0.4) is 0 Å². The number of pyridine rings is 1. The largest absolute Gasteiger partial charge is 0.364 e. The van der Waals surface area contributed by atoms with Gasteiger partial charge in [-0.25, -0.2) is 9.99 Å². The molecule has 0 spiro atoms. The molecule has 0 fully saturated rings. The number of nitrogens with one attached hydrogen (secondary N) is 1. The Morgan fingerprint density at radius 3 is 2.70 bits per heavy atom. The van der Waals surface area contributed by atoms with E-state index in [0.717, 1.165) is 33.3 Å². The molecule has 136 valence electrons. The molecule has 0 unspecified atom stereocenters. The smallest absolute Gasteiger partial charge is 0.189 e. The average Bonchev–Trinajstić information content (AvgIpc) is 3.12. The monoisotopic (exact) mass is 394 g/mol. The Balaban J connectivity index is 1.78. The van der Waals surface area contributed by atoms with Crippen molar-refractivity contribution in [1.82, 2.24) is 15.3 Å². The third-order valence-electron chi connectivity index (χ3n) is 4.75. The zero-order valence-corrected chi connectivity index (χ0v) is 16.7. The van der Waals surface area contributed by atoms with Crippen LogP contribution >= 0.6 is 23.8 Å². The van der Waals surface area contributed by atoms with Crippen LogP contribution in [-0.4, -0.2) is 27.9 Å². The van der Waals surface area contributed by atoms with Crippen molar-refractivity contribution in [1.29, 1.82) is 0 Å². The second kappa shape index (κ2) is 7.25. The average molecular weight is 395 g/mol. The highest BCUT2D eigenvalue weighted by Crippen LogP contribution is 2.37. The predicted octanol–water partition coefficient (Wildman–Crippen LogP) is 4.85. The molecule has 2 heterocycles.